The van der Waals surface area contributed by atoms with Crippen molar-refractivity contribution in [2.75, 3.05) is 4.90 Å². The van der Waals surface area contributed by atoms with E-state index in [-0.39, 0.29) is 11.4 Å². The number of non-ortho nitro benzene ring substituents is 2. The molecule has 0 aliphatic rings. The van der Waals surface area contributed by atoms with Crippen molar-refractivity contribution in [1.82, 2.24) is 0 Å². The van der Waals surface area contributed by atoms with Crippen molar-refractivity contribution in [2.45, 2.75) is 26.2 Å². The number of nitrogens with zero attached hydrogens (tertiary/aromatic N) is 7. The summed E-state index contributed by atoms with van der Waals surface area (Å²) in [5.74, 6) is -1.53. The van der Waals surface area contributed by atoms with E-state index < -0.39 is 86.3 Å². The second-order valence-corrected chi connectivity index (χ2v) is 10.9. The largest absolute Gasteiger partial charge is 0.442 e. The van der Waals surface area contributed by atoms with Gasteiger partial charge in [-0.2, -0.15) is 0 Å². The number of rotatable bonds is 11. The summed E-state index contributed by atoms with van der Waals surface area (Å²) in [5.41, 5.74) is -7.77. The van der Waals surface area contributed by atoms with Gasteiger partial charge in [0.2, 0.25) is 5.69 Å². The maximum absolute atomic E-state index is 12.4. The van der Waals surface area contributed by atoms with Crippen molar-refractivity contribution in [1.29, 1.82) is 0 Å². The lowest BCUT2D eigenvalue weighted by atomic mass is 9.86. The van der Waals surface area contributed by atoms with Crippen LogP contribution in [0.25, 0.3) is 0 Å². The highest BCUT2D eigenvalue weighted by Crippen LogP contribution is 2.52. The zero-order chi connectivity index (χ0) is 35.7. The minimum Gasteiger partial charge on any atom is -0.442 e. The number of ether oxygens (including phenoxy) is 1. The summed E-state index contributed by atoms with van der Waals surface area (Å²) >= 11 is 0. The van der Waals surface area contributed by atoms with Crippen LogP contribution in [0.15, 0.2) is 72.8 Å². The van der Waals surface area contributed by atoms with Gasteiger partial charge in [0.25, 0.3) is 17.1 Å². The molecule has 0 fully saturated rings. The fraction of sp³-hybridized carbons (Fsp3) is 0.143. The van der Waals surface area contributed by atoms with E-state index in [4.69, 9.17) is 4.74 Å². The molecule has 4 aromatic carbocycles. The molecular formula is C28H21N7O13. The molecule has 20 nitrogen and oxygen atoms in total. The average Bonchev–Trinajstić information content (AvgIpc) is 3.01. The molecule has 0 saturated heterocycles. The van der Waals surface area contributed by atoms with Gasteiger partial charge in [0.05, 0.1) is 59.5 Å². The normalized spacial score (nSPS) is 11.0. The number of nitro groups is 6. The molecule has 4 rings (SSSR count). The fourth-order valence-electron chi connectivity index (χ4n) is 4.59. The van der Waals surface area contributed by atoms with Gasteiger partial charge in [-0.05, 0) is 35.2 Å². The third-order valence-electron chi connectivity index (χ3n) is 6.81. The number of hydrogen-bond donors (Lipinski definition) is 0. The third-order valence-corrected chi connectivity index (χ3v) is 6.81. The van der Waals surface area contributed by atoms with Crippen molar-refractivity contribution in [3.05, 3.63) is 139 Å². The number of anilines is 3. The van der Waals surface area contributed by atoms with Gasteiger partial charge in [-0.3, -0.25) is 65.6 Å². The second kappa shape index (κ2) is 12.7. The molecule has 0 heterocycles. The van der Waals surface area contributed by atoms with Crippen LogP contribution in [0.4, 0.5) is 51.2 Å². The summed E-state index contributed by atoms with van der Waals surface area (Å²) in [6.07, 6.45) is 0. The van der Waals surface area contributed by atoms with E-state index in [1.165, 1.54) is 42.5 Å². The van der Waals surface area contributed by atoms with Crippen LogP contribution in [-0.2, 0) is 5.41 Å². The molecule has 0 saturated carbocycles. The Labute approximate surface area is 267 Å². The van der Waals surface area contributed by atoms with E-state index >= 15 is 0 Å². The molecule has 0 N–H and O–H groups in total. The smallest absolute Gasteiger partial charge is 0.325 e. The lowest BCUT2D eigenvalue weighted by molar-refractivity contribution is -0.404. The molecule has 0 atom stereocenters. The van der Waals surface area contributed by atoms with Crippen LogP contribution in [0.3, 0.4) is 0 Å². The SMILES string of the molecule is CC(C)(C)c1ccc(Oc2c([N+](=O)[O-])cc([N+](=O)[O-])cc2[N+](=O)[O-])c(N(c2ccccc2)c2c([N+](=O)[O-])cc([N+](=O)[O-])cc2[N+](=O)[O-])c1. The van der Waals surface area contributed by atoms with Crippen LogP contribution in [0.2, 0.25) is 0 Å². The molecule has 246 valence electrons. The molecule has 0 aliphatic heterocycles. The maximum Gasteiger partial charge on any atom is 0.325 e. The lowest BCUT2D eigenvalue weighted by Gasteiger charge is -2.29. The standard InChI is InChI=1S/C28H21N7O13/c1-28(2,3)16-9-10-25(48-27-23(34(44)45)14-19(31(38)39)15-24(27)35(46)47)20(11-16)29(17-7-5-4-6-8-17)26-21(32(40)41)12-18(30(36)37)13-22(26)33(42)43/h4-15H,1-3H3. The predicted octanol–water partition coefficient (Wildman–Crippen LogP) is 7.70. The molecule has 0 aliphatic carbocycles. The Morgan fingerprint density at radius 2 is 1.00 bits per heavy atom. The van der Waals surface area contributed by atoms with Crippen molar-refractivity contribution in [3.63, 3.8) is 0 Å². The van der Waals surface area contributed by atoms with Gasteiger partial charge in [0.15, 0.2) is 5.75 Å². The fourth-order valence-corrected chi connectivity index (χ4v) is 4.59. The van der Waals surface area contributed by atoms with Crippen LogP contribution in [-0.4, -0.2) is 29.5 Å². The summed E-state index contributed by atoms with van der Waals surface area (Å²) in [6, 6.07) is 13.1. The summed E-state index contributed by atoms with van der Waals surface area (Å²) < 4.78 is 5.79. The topological polar surface area (TPSA) is 271 Å². The number of para-hydroxylation sites is 1. The first-order valence-corrected chi connectivity index (χ1v) is 13.3. The van der Waals surface area contributed by atoms with Gasteiger partial charge in [-0.1, -0.05) is 45.0 Å². The highest BCUT2D eigenvalue weighted by atomic mass is 16.7. The third kappa shape index (κ3) is 6.61. The van der Waals surface area contributed by atoms with Gasteiger partial charge >= 0.3 is 22.7 Å². The summed E-state index contributed by atoms with van der Waals surface area (Å²) in [6.45, 7) is 5.30. The number of hydrogen-bond acceptors (Lipinski definition) is 14. The molecule has 20 heteroatoms. The highest BCUT2D eigenvalue weighted by molar-refractivity contribution is 5.91. The van der Waals surface area contributed by atoms with Crippen LogP contribution < -0.4 is 9.64 Å². The predicted molar refractivity (Wildman–Crippen MR) is 166 cm³/mol. The summed E-state index contributed by atoms with van der Waals surface area (Å²) in [4.78, 5) is 66.1. The van der Waals surface area contributed by atoms with Crippen molar-refractivity contribution >= 4 is 51.2 Å². The zero-order valence-corrected chi connectivity index (χ0v) is 24.9. The summed E-state index contributed by atoms with van der Waals surface area (Å²) in [5, 5.41) is 71.7. The van der Waals surface area contributed by atoms with E-state index in [9.17, 15) is 60.7 Å². The zero-order valence-electron chi connectivity index (χ0n) is 24.9. The van der Waals surface area contributed by atoms with Gasteiger partial charge < -0.3 is 4.74 Å². The van der Waals surface area contributed by atoms with Crippen LogP contribution in [0, 0.1) is 60.7 Å². The number of nitro benzene ring substituents is 6. The molecular weight excluding hydrogens is 642 g/mol. The Kier molecular flexibility index (Phi) is 8.94. The Bertz CT molecular complexity index is 1960. The molecule has 0 amide bonds. The van der Waals surface area contributed by atoms with Crippen molar-refractivity contribution < 1.29 is 34.3 Å². The lowest BCUT2D eigenvalue weighted by Crippen LogP contribution is -2.17. The second-order valence-electron chi connectivity index (χ2n) is 10.9. The van der Waals surface area contributed by atoms with Gasteiger partial charge in [0.1, 0.15) is 0 Å². The van der Waals surface area contributed by atoms with E-state index in [2.05, 4.69) is 0 Å². The van der Waals surface area contributed by atoms with E-state index in [0.29, 0.717) is 29.8 Å². The van der Waals surface area contributed by atoms with E-state index in [1.54, 1.807) is 26.8 Å². The minimum atomic E-state index is -1.18. The van der Waals surface area contributed by atoms with Gasteiger partial charge in [-0.15, -0.1) is 0 Å². The Balaban J connectivity index is 2.20. The monoisotopic (exact) mass is 663 g/mol. The highest BCUT2D eigenvalue weighted by Gasteiger charge is 2.38. The van der Waals surface area contributed by atoms with E-state index in [0.717, 1.165) is 4.90 Å². The van der Waals surface area contributed by atoms with Gasteiger partial charge in [0, 0.05) is 5.69 Å². The molecule has 0 unspecified atom stereocenters. The molecule has 0 bridgehead atoms. The van der Waals surface area contributed by atoms with Crippen LogP contribution in [0.5, 0.6) is 11.5 Å². The molecule has 0 radical (unpaired) electrons. The Morgan fingerprint density at radius 1 is 0.562 bits per heavy atom. The van der Waals surface area contributed by atoms with Crippen LogP contribution in [0.1, 0.15) is 26.3 Å². The minimum absolute atomic E-state index is 0.00108. The average molecular weight is 664 g/mol. The first kappa shape index (κ1) is 33.8. The van der Waals surface area contributed by atoms with E-state index in [1.807, 2.05) is 0 Å². The first-order chi connectivity index (χ1) is 22.4. The van der Waals surface area contributed by atoms with Gasteiger partial charge in [-0.25, -0.2) is 0 Å². The van der Waals surface area contributed by atoms with Crippen molar-refractivity contribution in [3.8, 4) is 11.5 Å². The van der Waals surface area contributed by atoms with Crippen LogP contribution >= 0.6 is 0 Å². The van der Waals surface area contributed by atoms with Crippen molar-refractivity contribution in [2.24, 2.45) is 0 Å². The quantitative estimate of drug-likeness (QED) is 0.110. The maximum atomic E-state index is 12.4. The molecule has 4 aromatic rings. The Morgan fingerprint density at radius 3 is 1.40 bits per heavy atom. The molecule has 0 spiro atoms. The first-order valence-electron chi connectivity index (χ1n) is 13.3. The Hall–Kier alpha value is -7.12. The summed E-state index contributed by atoms with van der Waals surface area (Å²) in [7, 11) is 0. The molecule has 48 heavy (non-hydrogen) atoms. The molecule has 0 aromatic heterocycles. The number of benzene rings is 4.